The normalized spacial score (nSPS) is 19.2. The van der Waals surface area contributed by atoms with Crippen LogP contribution in [0.25, 0.3) is 0 Å². The molecule has 1 N–H and O–H groups in total. The molecule has 2 rings (SSSR count). The first-order valence-corrected chi connectivity index (χ1v) is 6.84. The van der Waals surface area contributed by atoms with E-state index in [2.05, 4.69) is 24.0 Å². The summed E-state index contributed by atoms with van der Waals surface area (Å²) in [5.74, 6) is 1.08. The molecule has 1 aliphatic heterocycles. The molecule has 2 heterocycles. The predicted molar refractivity (Wildman–Crippen MR) is 75.8 cm³/mol. The lowest BCUT2D eigenvalue weighted by molar-refractivity contribution is -0.142. The van der Waals surface area contributed by atoms with Gasteiger partial charge < -0.3 is 9.63 Å². The van der Waals surface area contributed by atoms with Crippen molar-refractivity contribution in [2.45, 2.75) is 52.1 Å². The van der Waals surface area contributed by atoms with Crippen molar-refractivity contribution >= 4 is 18.4 Å². The van der Waals surface area contributed by atoms with Gasteiger partial charge in [-0.15, -0.1) is 12.4 Å². The minimum atomic E-state index is -0.767. The molecule has 114 valence electrons. The van der Waals surface area contributed by atoms with Crippen LogP contribution in [0.4, 0.5) is 0 Å². The molecule has 0 bridgehead atoms. The number of carbonyl (C=O) groups is 1. The second kappa shape index (κ2) is 7.59. The van der Waals surface area contributed by atoms with E-state index < -0.39 is 12.0 Å². The molecule has 0 spiro atoms. The lowest BCUT2D eigenvalue weighted by Crippen LogP contribution is -2.35. The van der Waals surface area contributed by atoms with Gasteiger partial charge >= 0.3 is 5.97 Å². The standard InChI is InChI=1S/C13H21N3O3.ClH/c1-9(2)5-6-11-14-12(19-15-11)8-16-7-3-4-10(16)13(17)18;/h9-10H,3-8H2,1-2H3,(H,17,18);1H/t10-;/m1./s1. The number of halogens is 1. The highest BCUT2D eigenvalue weighted by Crippen LogP contribution is 2.19. The lowest BCUT2D eigenvalue weighted by Gasteiger charge is -2.18. The Kier molecular flexibility index (Phi) is 6.42. The Balaban J connectivity index is 0.00000200. The monoisotopic (exact) mass is 303 g/mol. The number of nitrogens with zero attached hydrogens (tertiary/aromatic N) is 3. The second-order valence-corrected chi connectivity index (χ2v) is 5.50. The molecule has 1 fully saturated rings. The summed E-state index contributed by atoms with van der Waals surface area (Å²) in [5, 5.41) is 13.0. The van der Waals surface area contributed by atoms with Crippen molar-refractivity contribution in [1.82, 2.24) is 15.0 Å². The van der Waals surface area contributed by atoms with E-state index in [0.717, 1.165) is 31.6 Å². The van der Waals surface area contributed by atoms with Crippen LogP contribution in [0, 0.1) is 5.92 Å². The van der Waals surface area contributed by atoms with Gasteiger partial charge in [0.25, 0.3) is 0 Å². The molecule has 1 aromatic heterocycles. The maximum absolute atomic E-state index is 11.1. The fourth-order valence-electron chi connectivity index (χ4n) is 2.34. The number of likely N-dealkylation sites (tertiary alicyclic amines) is 1. The minimum Gasteiger partial charge on any atom is -0.480 e. The molecule has 0 amide bonds. The fourth-order valence-corrected chi connectivity index (χ4v) is 2.34. The van der Waals surface area contributed by atoms with Crippen LogP contribution in [0.15, 0.2) is 4.52 Å². The van der Waals surface area contributed by atoms with Crippen molar-refractivity contribution in [3.63, 3.8) is 0 Å². The fraction of sp³-hybridized carbons (Fsp3) is 0.769. The van der Waals surface area contributed by atoms with E-state index >= 15 is 0 Å². The van der Waals surface area contributed by atoms with Crippen LogP contribution in [0.5, 0.6) is 0 Å². The van der Waals surface area contributed by atoms with Gasteiger partial charge in [-0.1, -0.05) is 19.0 Å². The summed E-state index contributed by atoms with van der Waals surface area (Å²) in [7, 11) is 0. The largest absolute Gasteiger partial charge is 0.480 e. The van der Waals surface area contributed by atoms with Crippen molar-refractivity contribution < 1.29 is 14.4 Å². The third-order valence-corrected chi connectivity index (χ3v) is 3.44. The molecule has 1 aliphatic rings. The Morgan fingerprint density at radius 2 is 2.30 bits per heavy atom. The maximum atomic E-state index is 11.1. The van der Waals surface area contributed by atoms with Crippen LogP contribution in [0.2, 0.25) is 0 Å². The number of hydrogen-bond acceptors (Lipinski definition) is 5. The third kappa shape index (κ3) is 4.45. The van der Waals surface area contributed by atoms with Gasteiger partial charge in [0, 0.05) is 6.42 Å². The predicted octanol–water partition coefficient (Wildman–Crippen LogP) is 2.13. The SMILES string of the molecule is CC(C)CCc1noc(CN2CCC[C@@H]2C(=O)O)n1.Cl. The molecule has 0 unspecified atom stereocenters. The first-order chi connectivity index (χ1) is 9.06. The molecule has 6 nitrogen and oxygen atoms in total. The molecular weight excluding hydrogens is 282 g/mol. The van der Waals surface area contributed by atoms with E-state index in [1.807, 2.05) is 4.90 Å². The van der Waals surface area contributed by atoms with Crippen LogP contribution in [0.1, 0.15) is 44.8 Å². The van der Waals surface area contributed by atoms with Crippen molar-refractivity contribution in [1.29, 1.82) is 0 Å². The van der Waals surface area contributed by atoms with Crippen LogP contribution in [0.3, 0.4) is 0 Å². The number of aromatic nitrogens is 2. The van der Waals surface area contributed by atoms with Crippen molar-refractivity contribution in [3.05, 3.63) is 11.7 Å². The van der Waals surface area contributed by atoms with Gasteiger partial charge in [0.05, 0.1) is 6.54 Å². The average molecular weight is 304 g/mol. The summed E-state index contributed by atoms with van der Waals surface area (Å²) < 4.78 is 5.19. The number of carboxylic acid groups (broad SMARTS) is 1. The highest BCUT2D eigenvalue weighted by atomic mass is 35.5. The Hall–Kier alpha value is -1.14. The van der Waals surface area contributed by atoms with E-state index in [1.54, 1.807) is 0 Å². The summed E-state index contributed by atoms with van der Waals surface area (Å²) in [4.78, 5) is 17.3. The average Bonchev–Trinajstić information content (AvgIpc) is 2.96. The first kappa shape index (κ1) is 16.9. The summed E-state index contributed by atoms with van der Waals surface area (Å²) in [5.41, 5.74) is 0. The second-order valence-electron chi connectivity index (χ2n) is 5.50. The van der Waals surface area contributed by atoms with Crippen molar-refractivity contribution in [2.75, 3.05) is 6.54 Å². The van der Waals surface area contributed by atoms with Gasteiger partial charge in [-0.3, -0.25) is 9.69 Å². The van der Waals surface area contributed by atoms with E-state index in [0.29, 0.717) is 24.8 Å². The van der Waals surface area contributed by atoms with E-state index in [4.69, 9.17) is 9.63 Å². The highest BCUT2D eigenvalue weighted by Gasteiger charge is 2.31. The summed E-state index contributed by atoms with van der Waals surface area (Å²) >= 11 is 0. The zero-order valence-electron chi connectivity index (χ0n) is 11.9. The van der Waals surface area contributed by atoms with Crippen LogP contribution < -0.4 is 0 Å². The summed E-state index contributed by atoms with van der Waals surface area (Å²) in [6.07, 6.45) is 3.44. The number of aryl methyl sites for hydroxylation is 1. The molecule has 0 aromatic carbocycles. The highest BCUT2D eigenvalue weighted by molar-refractivity contribution is 5.85. The molecule has 0 aliphatic carbocycles. The quantitative estimate of drug-likeness (QED) is 0.867. The Bertz CT molecular complexity index is 436. The zero-order chi connectivity index (χ0) is 13.8. The number of aliphatic carboxylic acids is 1. The van der Waals surface area contributed by atoms with E-state index in [1.165, 1.54) is 0 Å². The van der Waals surface area contributed by atoms with Crippen molar-refractivity contribution in [3.8, 4) is 0 Å². The van der Waals surface area contributed by atoms with Gasteiger partial charge in [0.15, 0.2) is 5.82 Å². The topological polar surface area (TPSA) is 79.5 Å². The van der Waals surface area contributed by atoms with E-state index in [-0.39, 0.29) is 12.4 Å². The molecule has 1 aromatic rings. The summed E-state index contributed by atoms with van der Waals surface area (Å²) in [6, 6.07) is -0.411. The van der Waals surface area contributed by atoms with Gasteiger partial charge in [0.2, 0.25) is 5.89 Å². The number of carboxylic acids is 1. The van der Waals surface area contributed by atoms with Gasteiger partial charge in [-0.05, 0) is 31.7 Å². The molecular formula is C13H22ClN3O3. The van der Waals surface area contributed by atoms with Crippen LogP contribution >= 0.6 is 12.4 Å². The number of rotatable bonds is 6. The molecule has 1 atom stereocenters. The molecule has 7 heteroatoms. The summed E-state index contributed by atoms with van der Waals surface area (Å²) in [6.45, 7) is 5.53. The molecule has 0 saturated carbocycles. The Morgan fingerprint density at radius 1 is 1.55 bits per heavy atom. The Labute approximate surface area is 124 Å². The van der Waals surface area contributed by atoms with Crippen LogP contribution in [-0.4, -0.2) is 38.7 Å². The third-order valence-electron chi connectivity index (χ3n) is 3.44. The molecule has 0 radical (unpaired) electrons. The lowest BCUT2D eigenvalue weighted by atomic mass is 10.1. The first-order valence-electron chi connectivity index (χ1n) is 6.84. The number of hydrogen-bond donors (Lipinski definition) is 1. The van der Waals surface area contributed by atoms with Crippen LogP contribution in [-0.2, 0) is 17.8 Å². The van der Waals surface area contributed by atoms with Gasteiger partial charge in [0.1, 0.15) is 6.04 Å². The van der Waals surface area contributed by atoms with Crippen molar-refractivity contribution in [2.24, 2.45) is 5.92 Å². The molecule has 1 saturated heterocycles. The smallest absolute Gasteiger partial charge is 0.320 e. The minimum absolute atomic E-state index is 0. The molecule has 20 heavy (non-hydrogen) atoms. The maximum Gasteiger partial charge on any atom is 0.320 e. The van der Waals surface area contributed by atoms with E-state index in [9.17, 15) is 4.79 Å². The Morgan fingerprint density at radius 3 is 2.95 bits per heavy atom. The van der Waals surface area contributed by atoms with Gasteiger partial charge in [-0.2, -0.15) is 4.98 Å². The van der Waals surface area contributed by atoms with Gasteiger partial charge in [-0.25, -0.2) is 0 Å². The zero-order valence-corrected chi connectivity index (χ0v) is 12.7.